The van der Waals surface area contributed by atoms with Crippen molar-refractivity contribution in [2.75, 3.05) is 7.11 Å². The third-order valence-corrected chi connectivity index (χ3v) is 5.44. The number of aliphatic carboxylic acids is 1. The lowest BCUT2D eigenvalue weighted by Crippen LogP contribution is -2.36. The summed E-state index contributed by atoms with van der Waals surface area (Å²) in [7, 11) is 1.49. The number of fused-ring (bicyclic) bond motifs is 1. The monoisotopic (exact) mass is 444 g/mol. The van der Waals surface area contributed by atoms with E-state index in [-0.39, 0.29) is 44.7 Å². The van der Waals surface area contributed by atoms with E-state index in [2.05, 4.69) is 0 Å². The molecular formula is C23H25FN2O6. The van der Waals surface area contributed by atoms with E-state index in [1.54, 1.807) is 29.2 Å². The fourth-order valence-electron chi connectivity index (χ4n) is 3.76. The van der Waals surface area contributed by atoms with Crippen molar-refractivity contribution >= 4 is 17.8 Å². The first-order valence-corrected chi connectivity index (χ1v) is 10.2. The minimum Gasteiger partial charge on any atom is -0.497 e. The molecule has 0 aromatic heterocycles. The second-order valence-corrected chi connectivity index (χ2v) is 7.55. The third kappa shape index (κ3) is 5.35. The summed E-state index contributed by atoms with van der Waals surface area (Å²) in [5.74, 6) is -1.26. The predicted molar refractivity (Wildman–Crippen MR) is 113 cm³/mol. The zero-order chi connectivity index (χ0) is 23.3. The topological polar surface area (TPSA) is 119 Å². The van der Waals surface area contributed by atoms with Gasteiger partial charge in [-0.2, -0.15) is 0 Å². The van der Waals surface area contributed by atoms with Gasteiger partial charge in [0.25, 0.3) is 5.91 Å². The van der Waals surface area contributed by atoms with Gasteiger partial charge in [-0.15, -0.1) is 0 Å². The van der Waals surface area contributed by atoms with E-state index >= 15 is 0 Å². The van der Waals surface area contributed by atoms with Crippen molar-refractivity contribution < 1.29 is 33.4 Å². The lowest BCUT2D eigenvalue weighted by molar-refractivity contribution is -0.137. The number of hydrogen-bond donors (Lipinski definition) is 2. The number of nitrogens with zero attached hydrogens (tertiary/aromatic N) is 1. The molecule has 0 aliphatic carbocycles. The van der Waals surface area contributed by atoms with Crippen LogP contribution >= 0.6 is 0 Å². The van der Waals surface area contributed by atoms with Gasteiger partial charge in [-0.3, -0.25) is 14.4 Å². The van der Waals surface area contributed by atoms with Gasteiger partial charge in [0.1, 0.15) is 23.9 Å². The van der Waals surface area contributed by atoms with Gasteiger partial charge in [-0.25, -0.2) is 4.39 Å². The smallest absolute Gasteiger partial charge is 0.303 e. The van der Waals surface area contributed by atoms with Crippen LogP contribution in [-0.2, 0) is 22.7 Å². The molecule has 9 heteroatoms. The number of amides is 2. The van der Waals surface area contributed by atoms with Crippen molar-refractivity contribution in [3.8, 4) is 11.5 Å². The van der Waals surface area contributed by atoms with E-state index in [4.69, 9.17) is 20.3 Å². The molecule has 0 saturated carbocycles. The maximum Gasteiger partial charge on any atom is 0.303 e. The molecule has 1 unspecified atom stereocenters. The van der Waals surface area contributed by atoms with Crippen LogP contribution < -0.4 is 15.2 Å². The number of methoxy groups -OCH3 is 1. The summed E-state index contributed by atoms with van der Waals surface area (Å²) in [5.41, 5.74) is 6.63. The number of rotatable bonds is 11. The fraction of sp³-hybridized carbons (Fsp3) is 0.348. The van der Waals surface area contributed by atoms with Gasteiger partial charge in [0.05, 0.1) is 13.7 Å². The fourth-order valence-corrected chi connectivity index (χ4v) is 3.76. The zero-order valence-electron chi connectivity index (χ0n) is 17.7. The number of carbonyl (C=O) groups is 3. The molecule has 2 aromatic rings. The third-order valence-electron chi connectivity index (χ3n) is 5.44. The quantitative estimate of drug-likeness (QED) is 0.550. The Bertz CT molecular complexity index is 1010. The molecule has 2 amide bonds. The average Bonchev–Trinajstić information content (AvgIpc) is 3.10. The maximum atomic E-state index is 14.1. The van der Waals surface area contributed by atoms with E-state index in [9.17, 15) is 18.8 Å². The van der Waals surface area contributed by atoms with Gasteiger partial charge < -0.3 is 25.2 Å². The van der Waals surface area contributed by atoms with E-state index in [0.717, 1.165) is 0 Å². The van der Waals surface area contributed by atoms with Crippen molar-refractivity contribution in [1.29, 1.82) is 0 Å². The number of halogens is 1. The number of benzene rings is 2. The molecule has 0 radical (unpaired) electrons. The van der Waals surface area contributed by atoms with Crippen LogP contribution in [0.15, 0.2) is 36.4 Å². The van der Waals surface area contributed by atoms with Crippen LogP contribution in [0.3, 0.4) is 0 Å². The Labute approximate surface area is 184 Å². The Hall–Kier alpha value is -3.62. The van der Waals surface area contributed by atoms with Gasteiger partial charge in [0.15, 0.2) is 0 Å². The van der Waals surface area contributed by atoms with Gasteiger partial charge >= 0.3 is 5.97 Å². The Morgan fingerprint density at radius 3 is 2.66 bits per heavy atom. The summed E-state index contributed by atoms with van der Waals surface area (Å²) in [6.45, 7) is 0.145. The molecule has 0 fully saturated rings. The largest absolute Gasteiger partial charge is 0.497 e. The van der Waals surface area contributed by atoms with E-state index < -0.39 is 23.7 Å². The molecule has 1 aliphatic rings. The minimum absolute atomic E-state index is 0.0445. The van der Waals surface area contributed by atoms with Gasteiger partial charge in [-0.05, 0) is 43.2 Å². The average molecular weight is 444 g/mol. The molecular weight excluding hydrogens is 419 g/mol. The number of carboxylic acid groups (broad SMARTS) is 1. The lowest BCUT2D eigenvalue weighted by Gasteiger charge is -2.27. The molecule has 1 aliphatic heterocycles. The first kappa shape index (κ1) is 23.1. The maximum absolute atomic E-state index is 14.1. The second kappa shape index (κ2) is 10.1. The van der Waals surface area contributed by atoms with Crippen molar-refractivity contribution in [2.24, 2.45) is 5.73 Å². The van der Waals surface area contributed by atoms with E-state index in [0.29, 0.717) is 28.2 Å². The summed E-state index contributed by atoms with van der Waals surface area (Å²) in [5, 5.41) is 9.05. The molecule has 0 bridgehead atoms. The molecule has 8 nitrogen and oxygen atoms in total. The van der Waals surface area contributed by atoms with Crippen molar-refractivity contribution in [2.45, 2.75) is 44.9 Å². The zero-order valence-corrected chi connectivity index (χ0v) is 17.7. The van der Waals surface area contributed by atoms with Crippen molar-refractivity contribution in [3.05, 3.63) is 58.9 Å². The molecule has 32 heavy (non-hydrogen) atoms. The summed E-state index contributed by atoms with van der Waals surface area (Å²) >= 11 is 0. The van der Waals surface area contributed by atoms with Crippen LogP contribution in [-0.4, -0.2) is 40.9 Å². The van der Waals surface area contributed by atoms with Crippen molar-refractivity contribution in [1.82, 2.24) is 4.90 Å². The molecule has 0 spiro atoms. The second-order valence-electron chi connectivity index (χ2n) is 7.55. The highest BCUT2D eigenvalue weighted by molar-refractivity contribution is 5.99. The summed E-state index contributed by atoms with van der Waals surface area (Å²) < 4.78 is 25.1. The van der Waals surface area contributed by atoms with Crippen LogP contribution in [0.25, 0.3) is 0 Å². The molecule has 170 valence electrons. The van der Waals surface area contributed by atoms with Crippen LogP contribution in [0.4, 0.5) is 4.39 Å². The molecule has 0 saturated heterocycles. The number of hydrogen-bond acceptors (Lipinski definition) is 5. The predicted octanol–water partition coefficient (Wildman–Crippen LogP) is 2.87. The molecule has 1 heterocycles. The SMILES string of the molecule is COc1ccc(F)c(COc2cccc3c2CN(C(CCC(N)=O)CCC(=O)O)C3=O)c1. The lowest BCUT2D eigenvalue weighted by atomic mass is 10.0. The number of primary amides is 1. The van der Waals surface area contributed by atoms with Crippen LogP contribution in [0, 0.1) is 5.82 Å². The Morgan fingerprint density at radius 1 is 1.22 bits per heavy atom. The van der Waals surface area contributed by atoms with Gasteiger partial charge in [0, 0.05) is 35.6 Å². The Kier molecular flexibility index (Phi) is 7.29. The van der Waals surface area contributed by atoms with Crippen molar-refractivity contribution in [3.63, 3.8) is 0 Å². The minimum atomic E-state index is -0.984. The first-order chi connectivity index (χ1) is 15.3. The number of carboxylic acids is 1. The normalized spacial score (nSPS) is 13.6. The van der Waals surface area contributed by atoms with Crippen LogP contribution in [0.5, 0.6) is 11.5 Å². The number of ether oxygens (including phenoxy) is 2. The van der Waals surface area contributed by atoms with Crippen LogP contribution in [0.1, 0.15) is 47.2 Å². The standard InChI is InChI=1S/C23H25FN2O6/c1-31-16-7-8-19(24)14(11-16)13-32-20-4-2-3-17-18(20)12-26(23(17)30)15(5-9-21(25)27)6-10-22(28)29/h2-4,7-8,11,15H,5-6,9-10,12-13H2,1H3,(H2,25,27)(H,28,29). The van der Waals surface area contributed by atoms with Gasteiger partial charge in [-0.1, -0.05) is 6.07 Å². The Balaban J connectivity index is 1.79. The molecule has 3 rings (SSSR count). The summed E-state index contributed by atoms with van der Waals surface area (Å²) in [4.78, 5) is 36.9. The molecule has 3 N–H and O–H groups in total. The highest BCUT2D eigenvalue weighted by Crippen LogP contribution is 2.34. The highest BCUT2D eigenvalue weighted by atomic mass is 19.1. The summed E-state index contributed by atoms with van der Waals surface area (Å²) in [6.07, 6.45) is 0.381. The first-order valence-electron chi connectivity index (χ1n) is 10.2. The number of nitrogens with two attached hydrogens (primary N) is 1. The van der Waals surface area contributed by atoms with E-state index in [1.807, 2.05) is 0 Å². The summed E-state index contributed by atoms with van der Waals surface area (Å²) in [6, 6.07) is 8.93. The van der Waals surface area contributed by atoms with Crippen LogP contribution in [0.2, 0.25) is 0 Å². The van der Waals surface area contributed by atoms with Gasteiger partial charge in [0.2, 0.25) is 5.91 Å². The molecule has 2 aromatic carbocycles. The number of carbonyl (C=O) groups excluding carboxylic acids is 2. The Morgan fingerprint density at radius 2 is 1.97 bits per heavy atom. The highest BCUT2D eigenvalue weighted by Gasteiger charge is 2.34. The van der Waals surface area contributed by atoms with E-state index in [1.165, 1.54) is 19.2 Å². The molecule has 1 atom stereocenters.